The molecule has 0 aliphatic heterocycles. The molecule has 0 unspecified atom stereocenters. The Balaban J connectivity index is 1.62. The number of hydrogen-bond donors (Lipinski definition) is 2. The van der Waals surface area contributed by atoms with Crippen molar-refractivity contribution in [3.63, 3.8) is 0 Å². The van der Waals surface area contributed by atoms with Crippen molar-refractivity contribution in [2.24, 2.45) is 34.5 Å². The van der Waals surface area contributed by atoms with E-state index >= 15 is 0 Å². The summed E-state index contributed by atoms with van der Waals surface area (Å²) < 4.78 is 0. The molecule has 4 aliphatic rings. The van der Waals surface area contributed by atoms with Gasteiger partial charge in [-0.25, -0.2) is 0 Å². The average molecular weight is 333 g/mol. The van der Waals surface area contributed by atoms with Gasteiger partial charge in [0.1, 0.15) is 0 Å². The number of aliphatic hydroxyl groups is 2. The van der Waals surface area contributed by atoms with Gasteiger partial charge < -0.3 is 10.2 Å². The quantitative estimate of drug-likeness (QED) is 0.720. The van der Waals surface area contributed by atoms with Crippen LogP contribution in [-0.2, 0) is 0 Å². The number of hydrogen-bond acceptors (Lipinski definition) is 2. The van der Waals surface area contributed by atoms with Gasteiger partial charge in [0.25, 0.3) is 0 Å². The minimum absolute atomic E-state index is 0.0577. The fraction of sp³-hybridized carbons (Fsp3) is 0.909. The summed E-state index contributed by atoms with van der Waals surface area (Å²) in [6, 6.07) is 0. The highest BCUT2D eigenvalue weighted by Crippen LogP contribution is 2.68. The van der Waals surface area contributed by atoms with Crippen LogP contribution in [0.1, 0.15) is 78.1 Å². The van der Waals surface area contributed by atoms with Crippen LogP contribution in [0, 0.1) is 34.5 Å². The summed E-state index contributed by atoms with van der Waals surface area (Å²) in [5.41, 5.74) is -0.00669. The second kappa shape index (κ2) is 5.58. The van der Waals surface area contributed by atoms with E-state index in [9.17, 15) is 10.2 Å². The van der Waals surface area contributed by atoms with Crippen molar-refractivity contribution in [2.75, 3.05) is 0 Å². The number of aliphatic hydroxyl groups excluding tert-OH is 1. The van der Waals surface area contributed by atoms with Crippen molar-refractivity contribution in [1.82, 2.24) is 0 Å². The van der Waals surface area contributed by atoms with Crippen LogP contribution < -0.4 is 0 Å². The zero-order chi connectivity index (χ0) is 17.2. The fourth-order valence-corrected chi connectivity index (χ4v) is 7.92. The average Bonchev–Trinajstić information content (AvgIpc) is 2.80. The van der Waals surface area contributed by atoms with Crippen LogP contribution >= 0.6 is 0 Å². The second-order valence-corrected chi connectivity index (χ2v) is 10.1. The SMILES string of the molecule is C=CC[C@@]1(O)CC[C@@H]2[C@@H]3CC[C@H]4C[C@@H](O)CC[C@@]4(C)[C@H]3CC[C@]21C. The van der Waals surface area contributed by atoms with Gasteiger partial charge in [-0.15, -0.1) is 6.58 Å². The van der Waals surface area contributed by atoms with Gasteiger partial charge in [0.05, 0.1) is 11.7 Å². The normalized spacial score (nSPS) is 56.9. The maximum Gasteiger partial charge on any atom is 0.0738 e. The molecule has 0 amide bonds. The van der Waals surface area contributed by atoms with Gasteiger partial charge in [0.15, 0.2) is 0 Å². The van der Waals surface area contributed by atoms with Gasteiger partial charge in [0.2, 0.25) is 0 Å². The monoisotopic (exact) mass is 332 g/mol. The fourth-order valence-electron chi connectivity index (χ4n) is 7.92. The highest BCUT2D eigenvalue weighted by molar-refractivity contribution is 5.15. The Morgan fingerprint density at radius 3 is 2.50 bits per heavy atom. The summed E-state index contributed by atoms with van der Waals surface area (Å²) in [5, 5.41) is 21.5. The molecule has 2 N–H and O–H groups in total. The third-order valence-electron chi connectivity index (χ3n) is 9.44. The molecule has 0 aromatic heterocycles. The first-order valence-electron chi connectivity index (χ1n) is 10.4. The van der Waals surface area contributed by atoms with E-state index in [-0.39, 0.29) is 11.5 Å². The zero-order valence-corrected chi connectivity index (χ0v) is 15.6. The first-order chi connectivity index (χ1) is 11.3. The van der Waals surface area contributed by atoms with E-state index < -0.39 is 5.60 Å². The van der Waals surface area contributed by atoms with Gasteiger partial charge in [-0.1, -0.05) is 19.9 Å². The van der Waals surface area contributed by atoms with Crippen molar-refractivity contribution in [3.05, 3.63) is 12.7 Å². The predicted molar refractivity (Wildman–Crippen MR) is 97.5 cm³/mol. The van der Waals surface area contributed by atoms with Crippen LogP contribution in [0.3, 0.4) is 0 Å². The van der Waals surface area contributed by atoms with Gasteiger partial charge >= 0.3 is 0 Å². The predicted octanol–water partition coefficient (Wildman–Crippen LogP) is 4.70. The maximum absolute atomic E-state index is 11.4. The van der Waals surface area contributed by atoms with Crippen molar-refractivity contribution in [2.45, 2.75) is 89.8 Å². The lowest BCUT2D eigenvalue weighted by molar-refractivity contribution is -0.157. The van der Waals surface area contributed by atoms with Gasteiger partial charge in [-0.3, -0.25) is 0 Å². The summed E-state index contributed by atoms with van der Waals surface area (Å²) in [5.74, 6) is 3.01. The molecule has 136 valence electrons. The molecule has 0 aromatic rings. The third-order valence-corrected chi connectivity index (χ3v) is 9.44. The van der Waals surface area contributed by atoms with Crippen molar-refractivity contribution < 1.29 is 10.2 Å². The van der Waals surface area contributed by atoms with E-state index in [4.69, 9.17) is 0 Å². The Morgan fingerprint density at radius 2 is 1.75 bits per heavy atom. The minimum atomic E-state index is -0.523. The first kappa shape index (κ1) is 17.1. The van der Waals surface area contributed by atoms with E-state index in [1.165, 1.54) is 38.5 Å². The van der Waals surface area contributed by atoms with Crippen molar-refractivity contribution in [1.29, 1.82) is 0 Å². The van der Waals surface area contributed by atoms with Gasteiger partial charge in [-0.2, -0.15) is 0 Å². The molecule has 4 saturated carbocycles. The van der Waals surface area contributed by atoms with Crippen molar-refractivity contribution >= 4 is 0 Å². The van der Waals surface area contributed by atoms with Gasteiger partial charge in [-0.05, 0) is 98.7 Å². The van der Waals surface area contributed by atoms with Crippen LogP contribution in [0.15, 0.2) is 12.7 Å². The molecule has 2 nitrogen and oxygen atoms in total. The third kappa shape index (κ3) is 2.14. The molecule has 0 aromatic carbocycles. The van der Waals surface area contributed by atoms with Crippen molar-refractivity contribution in [3.8, 4) is 0 Å². The highest BCUT2D eigenvalue weighted by atomic mass is 16.3. The van der Waals surface area contributed by atoms with Crippen LogP contribution in [0.25, 0.3) is 0 Å². The van der Waals surface area contributed by atoms with Crippen LogP contribution in [0.5, 0.6) is 0 Å². The molecule has 4 rings (SSSR count). The Hall–Kier alpha value is -0.340. The Morgan fingerprint density at radius 1 is 1.00 bits per heavy atom. The molecule has 4 aliphatic carbocycles. The molecule has 0 spiro atoms. The van der Waals surface area contributed by atoms with Crippen LogP contribution in [0.4, 0.5) is 0 Å². The smallest absolute Gasteiger partial charge is 0.0738 e. The molecule has 8 atom stereocenters. The molecular formula is C22H36O2. The second-order valence-electron chi connectivity index (χ2n) is 10.1. The Bertz CT molecular complexity index is 516. The number of rotatable bonds is 2. The Labute approximate surface area is 147 Å². The minimum Gasteiger partial charge on any atom is -0.393 e. The molecule has 0 bridgehead atoms. The van der Waals surface area contributed by atoms with E-state index in [2.05, 4.69) is 20.4 Å². The topological polar surface area (TPSA) is 40.5 Å². The van der Waals surface area contributed by atoms with Gasteiger partial charge in [0, 0.05) is 0 Å². The number of fused-ring (bicyclic) bond motifs is 5. The molecule has 24 heavy (non-hydrogen) atoms. The lowest BCUT2D eigenvalue weighted by Crippen LogP contribution is -2.56. The summed E-state index contributed by atoms with van der Waals surface area (Å²) >= 11 is 0. The summed E-state index contributed by atoms with van der Waals surface area (Å²) in [6.45, 7) is 8.82. The highest BCUT2D eigenvalue weighted by Gasteiger charge is 2.64. The molecule has 0 radical (unpaired) electrons. The first-order valence-corrected chi connectivity index (χ1v) is 10.4. The molecule has 0 saturated heterocycles. The maximum atomic E-state index is 11.4. The lowest BCUT2D eigenvalue weighted by Gasteiger charge is -2.61. The van der Waals surface area contributed by atoms with Crippen LogP contribution in [0.2, 0.25) is 0 Å². The molecule has 0 heterocycles. The lowest BCUT2D eigenvalue weighted by atomic mass is 9.44. The summed E-state index contributed by atoms with van der Waals surface area (Å²) in [4.78, 5) is 0. The summed E-state index contributed by atoms with van der Waals surface area (Å²) in [7, 11) is 0. The van der Waals surface area contributed by atoms with Crippen LogP contribution in [-0.4, -0.2) is 21.9 Å². The Kier molecular flexibility index (Phi) is 3.97. The van der Waals surface area contributed by atoms with E-state index in [1.54, 1.807) is 0 Å². The van der Waals surface area contributed by atoms with E-state index in [0.29, 0.717) is 11.3 Å². The molecule has 2 heteroatoms. The summed E-state index contributed by atoms with van der Waals surface area (Å²) in [6.07, 6.45) is 13.1. The molecule has 4 fully saturated rings. The standard InChI is InChI=1S/C22H36O2/c1-4-10-22(24)13-9-19-17-6-5-15-14-16(23)7-11-20(15,2)18(17)8-12-21(19,22)3/h4,15-19,23-24H,1,5-14H2,2-3H3/t15-,16-,17+,18-,19+,20+,21+,22+/m0/s1. The zero-order valence-electron chi connectivity index (χ0n) is 15.6. The van der Waals surface area contributed by atoms with E-state index in [1.807, 2.05) is 6.08 Å². The van der Waals surface area contributed by atoms with E-state index in [0.717, 1.165) is 43.4 Å². The largest absolute Gasteiger partial charge is 0.393 e. The molecular weight excluding hydrogens is 296 g/mol.